The lowest BCUT2D eigenvalue weighted by atomic mass is 10.1. The Morgan fingerprint density at radius 1 is 1.29 bits per heavy atom. The smallest absolute Gasteiger partial charge is 0.298 e. The van der Waals surface area contributed by atoms with Crippen LogP contribution in [-0.4, -0.2) is 35.4 Å². The van der Waals surface area contributed by atoms with Gasteiger partial charge in [0.25, 0.3) is 5.91 Å². The number of carbonyl (C=O) groups is 1. The molecule has 1 aromatic carbocycles. The highest BCUT2D eigenvalue weighted by molar-refractivity contribution is 7.90. The first-order valence-electron chi connectivity index (χ1n) is 8.61. The van der Waals surface area contributed by atoms with Gasteiger partial charge in [0.2, 0.25) is 10.0 Å². The summed E-state index contributed by atoms with van der Waals surface area (Å²) in [5, 5.41) is 2.47. The molecule has 1 N–H and O–H groups in total. The van der Waals surface area contributed by atoms with Crippen LogP contribution in [0.25, 0.3) is 0 Å². The predicted molar refractivity (Wildman–Crippen MR) is 97.6 cm³/mol. The fourth-order valence-corrected chi connectivity index (χ4v) is 5.93. The number of hydrogen-bond donors (Lipinski definition) is 1. The van der Waals surface area contributed by atoms with Crippen LogP contribution in [0.3, 0.4) is 0 Å². The van der Waals surface area contributed by atoms with E-state index < -0.39 is 27.7 Å². The molecule has 0 saturated heterocycles. The zero-order valence-corrected chi connectivity index (χ0v) is 16.1. The number of amides is 1. The van der Waals surface area contributed by atoms with Gasteiger partial charge in [0.15, 0.2) is 5.13 Å². The highest BCUT2D eigenvalue weighted by Crippen LogP contribution is 2.36. The van der Waals surface area contributed by atoms with Crippen molar-refractivity contribution in [2.24, 2.45) is 0 Å². The van der Waals surface area contributed by atoms with E-state index >= 15 is 0 Å². The van der Waals surface area contributed by atoms with Crippen LogP contribution in [-0.2, 0) is 29.2 Å². The monoisotopic (exact) mass is 431 g/mol. The maximum atomic E-state index is 12.8. The van der Waals surface area contributed by atoms with Gasteiger partial charge in [0.05, 0.1) is 16.5 Å². The summed E-state index contributed by atoms with van der Waals surface area (Å²) in [7, 11) is -3.29. The number of halogens is 3. The van der Waals surface area contributed by atoms with Crippen molar-refractivity contribution in [3.05, 3.63) is 46.0 Å². The highest BCUT2D eigenvalue weighted by atomic mass is 32.2. The Balaban J connectivity index is 1.49. The first kappa shape index (κ1) is 19.3. The normalized spacial score (nSPS) is 18.0. The van der Waals surface area contributed by atoms with E-state index in [4.69, 9.17) is 0 Å². The van der Waals surface area contributed by atoms with Crippen molar-refractivity contribution in [2.75, 3.05) is 11.9 Å². The molecule has 2 heterocycles. The summed E-state index contributed by atoms with van der Waals surface area (Å²) in [6, 6.07) is 4.15. The SMILES string of the molecule is O=C(Nc1nc2c(s1)CN(S(=O)(=O)C1CC1)CC2)c1cccc(C(F)(F)F)c1. The summed E-state index contributed by atoms with van der Waals surface area (Å²) in [5.74, 6) is -0.695. The Hall–Kier alpha value is -1.98. The first-order valence-corrected chi connectivity index (χ1v) is 10.9. The summed E-state index contributed by atoms with van der Waals surface area (Å²) >= 11 is 1.15. The van der Waals surface area contributed by atoms with E-state index in [1.807, 2.05) is 0 Å². The number of hydrogen-bond acceptors (Lipinski definition) is 5. The molecule has 2 aliphatic rings. The number of rotatable bonds is 4. The number of thiazole rings is 1. The minimum Gasteiger partial charge on any atom is -0.298 e. The van der Waals surface area contributed by atoms with Gasteiger partial charge >= 0.3 is 6.18 Å². The largest absolute Gasteiger partial charge is 0.416 e. The molecule has 4 rings (SSSR count). The molecule has 6 nitrogen and oxygen atoms in total. The Bertz CT molecular complexity index is 1030. The number of fused-ring (bicyclic) bond motifs is 1. The lowest BCUT2D eigenvalue weighted by Crippen LogP contribution is -2.37. The van der Waals surface area contributed by atoms with Crippen molar-refractivity contribution < 1.29 is 26.4 Å². The van der Waals surface area contributed by atoms with E-state index in [1.54, 1.807) is 0 Å². The highest BCUT2D eigenvalue weighted by Gasteiger charge is 2.41. The summed E-state index contributed by atoms with van der Waals surface area (Å²) < 4.78 is 64.7. The van der Waals surface area contributed by atoms with E-state index in [1.165, 1.54) is 16.4 Å². The van der Waals surface area contributed by atoms with Crippen LogP contribution in [0.2, 0.25) is 0 Å². The van der Waals surface area contributed by atoms with Crippen LogP contribution in [0.15, 0.2) is 24.3 Å². The van der Waals surface area contributed by atoms with Gasteiger partial charge < -0.3 is 0 Å². The lowest BCUT2D eigenvalue weighted by molar-refractivity contribution is -0.137. The van der Waals surface area contributed by atoms with Gasteiger partial charge in [0, 0.05) is 30.0 Å². The molecule has 150 valence electrons. The average Bonchev–Trinajstić information content (AvgIpc) is 3.42. The Kier molecular flexibility index (Phi) is 4.71. The maximum Gasteiger partial charge on any atom is 0.416 e. The third-order valence-electron chi connectivity index (χ3n) is 4.67. The molecule has 0 atom stereocenters. The molecule has 0 radical (unpaired) electrons. The van der Waals surface area contributed by atoms with Crippen LogP contribution < -0.4 is 5.32 Å². The van der Waals surface area contributed by atoms with Crippen molar-refractivity contribution in [1.82, 2.24) is 9.29 Å². The van der Waals surface area contributed by atoms with E-state index in [-0.39, 0.29) is 22.5 Å². The number of carbonyl (C=O) groups excluding carboxylic acids is 1. The molecule has 1 amide bonds. The van der Waals surface area contributed by atoms with Crippen LogP contribution in [0.4, 0.5) is 18.3 Å². The number of nitrogens with one attached hydrogen (secondary N) is 1. The number of aromatic nitrogens is 1. The molecule has 0 bridgehead atoms. The number of nitrogens with zero attached hydrogens (tertiary/aromatic N) is 2. The van der Waals surface area contributed by atoms with Gasteiger partial charge in [-0.1, -0.05) is 6.07 Å². The summed E-state index contributed by atoms with van der Waals surface area (Å²) in [6.07, 6.45) is -2.72. The molecular formula is C17H16F3N3O3S2. The topological polar surface area (TPSA) is 79.4 Å². The lowest BCUT2D eigenvalue weighted by Gasteiger charge is -2.25. The summed E-state index contributed by atoms with van der Waals surface area (Å²) in [6.45, 7) is 0.557. The number of sulfonamides is 1. The number of benzene rings is 1. The van der Waals surface area contributed by atoms with E-state index in [9.17, 15) is 26.4 Å². The van der Waals surface area contributed by atoms with Crippen molar-refractivity contribution in [2.45, 2.75) is 37.2 Å². The van der Waals surface area contributed by atoms with Crippen LogP contribution >= 0.6 is 11.3 Å². The van der Waals surface area contributed by atoms with Crippen molar-refractivity contribution in [3.8, 4) is 0 Å². The molecule has 1 aliphatic heterocycles. The quantitative estimate of drug-likeness (QED) is 0.806. The van der Waals surface area contributed by atoms with Gasteiger partial charge in [-0.2, -0.15) is 17.5 Å². The van der Waals surface area contributed by atoms with Crippen molar-refractivity contribution >= 4 is 32.4 Å². The Labute approximate surface area is 163 Å². The van der Waals surface area contributed by atoms with Gasteiger partial charge in [0.1, 0.15) is 0 Å². The van der Waals surface area contributed by atoms with Gasteiger partial charge in [-0.15, -0.1) is 11.3 Å². The zero-order chi connectivity index (χ0) is 20.1. The predicted octanol–water partition coefficient (Wildman–Crippen LogP) is 3.26. The molecule has 1 aromatic heterocycles. The second-order valence-electron chi connectivity index (χ2n) is 6.75. The molecule has 0 spiro atoms. The molecule has 1 fully saturated rings. The van der Waals surface area contributed by atoms with Crippen molar-refractivity contribution in [3.63, 3.8) is 0 Å². The minimum atomic E-state index is -4.53. The van der Waals surface area contributed by atoms with E-state index in [2.05, 4.69) is 10.3 Å². The standard InChI is InChI=1S/C17H16F3N3O3S2/c18-17(19,20)11-3-1-2-10(8-11)15(24)22-16-21-13-6-7-23(9-14(13)27-16)28(25,26)12-4-5-12/h1-3,8,12H,4-7,9H2,(H,21,22,24). The molecule has 1 aliphatic carbocycles. The third-order valence-corrected chi connectivity index (χ3v) is 8.02. The van der Waals surface area contributed by atoms with Gasteiger partial charge in [-0.3, -0.25) is 10.1 Å². The second-order valence-corrected chi connectivity index (χ2v) is 10.0. The third kappa shape index (κ3) is 3.78. The minimum absolute atomic E-state index is 0.124. The Morgan fingerprint density at radius 2 is 2.04 bits per heavy atom. The number of alkyl halides is 3. The number of anilines is 1. The fourth-order valence-electron chi connectivity index (χ4n) is 3.03. The first-order chi connectivity index (χ1) is 13.1. The van der Waals surface area contributed by atoms with Crippen LogP contribution in [0.5, 0.6) is 0 Å². The maximum absolute atomic E-state index is 12.8. The fraction of sp³-hybridized carbons (Fsp3) is 0.412. The van der Waals surface area contributed by atoms with Gasteiger partial charge in [-0.05, 0) is 31.0 Å². The van der Waals surface area contributed by atoms with E-state index in [0.29, 0.717) is 31.5 Å². The summed E-state index contributed by atoms with van der Waals surface area (Å²) in [4.78, 5) is 17.4. The van der Waals surface area contributed by atoms with Crippen LogP contribution in [0.1, 0.15) is 39.3 Å². The molecule has 2 aromatic rings. The molecule has 0 unspecified atom stereocenters. The average molecular weight is 431 g/mol. The molecule has 28 heavy (non-hydrogen) atoms. The van der Waals surface area contributed by atoms with Gasteiger partial charge in [-0.25, -0.2) is 13.4 Å². The van der Waals surface area contributed by atoms with Crippen LogP contribution in [0, 0.1) is 0 Å². The van der Waals surface area contributed by atoms with E-state index in [0.717, 1.165) is 28.3 Å². The van der Waals surface area contributed by atoms with Crippen molar-refractivity contribution in [1.29, 1.82) is 0 Å². The Morgan fingerprint density at radius 3 is 2.71 bits per heavy atom. The second kappa shape index (κ2) is 6.82. The zero-order valence-electron chi connectivity index (χ0n) is 14.5. The molecule has 11 heteroatoms. The molecule has 1 saturated carbocycles. The summed E-state index contributed by atoms with van der Waals surface area (Å²) in [5.41, 5.74) is -0.313. The molecular weight excluding hydrogens is 415 g/mol.